The van der Waals surface area contributed by atoms with Crippen LogP contribution in [0.15, 0.2) is 72.8 Å². The molecule has 0 amide bonds. The van der Waals surface area contributed by atoms with E-state index < -0.39 is 0 Å². The number of phenolic OH excluding ortho intramolecular Hbond substituents is 1. The molecule has 0 fully saturated rings. The van der Waals surface area contributed by atoms with Crippen LogP contribution in [0, 0.1) is 0 Å². The summed E-state index contributed by atoms with van der Waals surface area (Å²) in [7, 11) is 1.65. The third-order valence-corrected chi connectivity index (χ3v) is 4.36. The van der Waals surface area contributed by atoms with Crippen LogP contribution >= 0.6 is 0 Å². The van der Waals surface area contributed by atoms with Gasteiger partial charge in [0.05, 0.1) is 7.11 Å². The van der Waals surface area contributed by atoms with E-state index in [1.54, 1.807) is 19.2 Å². The summed E-state index contributed by atoms with van der Waals surface area (Å²) in [6.07, 6.45) is 1.91. The quantitative estimate of drug-likeness (QED) is 0.728. The zero-order valence-electron chi connectivity index (χ0n) is 13.8. The van der Waals surface area contributed by atoms with Crippen molar-refractivity contribution in [2.45, 2.75) is 6.10 Å². The molecular weight excluding hydrogens is 312 g/mol. The first-order chi connectivity index (χ1) is 12.2. The summed E-state index contributed by atoms with van der Waals surface area (Å²) in [6.45, 7) is 0. The Hall–Kier alpha value is -3.20. The average molecular weight is 330 g/mol. The van der Waals surface area contributed by atoms with E-state index in [0.29, 0.717) is 0 Å². The van der Waals surface area contributed by atoms with E-state index in [0.717, 1.165) is 33.8 Å². The zero-order valence-corrected chi connectivity index (χ0v) is 13.8. The Morgan fingerprint density at radius 1 is 0.920 bits per heavy atom. The highest BCUT2D eigenvalue weighted by atomic mass is 16.5. The Morgan fingerprint density at radius 3 is 2.40 bits per heavy atom. The molecule has 3 nitrogen and oxygen atoms in total. The minimum atomic E-state index is -0.248. The number of hydrogen-bond donors (Lipinski definition) is 1. The molecule has 0 saturated heterocycles. The van der Waals surface area contributed by atoms with E-state index in [1.807, 2.05) is 48.5 Å². The highest BCUT2D eigenvalue weighted by molar-refractivity contribution is 5.88. The molecule has 0 aliphatic carbocycles. The Balaban J connectivity index is 1.85. The van der Waals surface area contributed by atoms with E-state index in [1.165, 1.54) is 0 Å². The number of rotatable bonds is 3. The molecule has 0 aromatic heterocycles. The third-order valence-electron chi connectivity index (χ3n) is 4.36. The largest absolute Gasteiger partial charge is 0.508 e. The molecule has 1 N–H and O–H groups in total. The van der Waals surface area contributed by atoms with Crippen molar-refractivity contribution in [2.75, 3.05) is 7.11 Å². The van der Waals surface area contributed by atoms with Gasteiger partial charge >= 0.3 is 0 Å². The molecule has 25 heavy (non-hydrogen) atoms. The molecule has 124 valence electrons. The van der Waals surface area contributed by atoms with Gasteiger partial charge in [0, 0.05) is 17.2 Å². The van der Waals surface area contributed by atoms with Gasteiger partial charge in [-0.2, -0.15) is 0 Å². The Morgan fingerprint density at radius 2 is 1.68 bits per heavy atom. The van der Waals surface area contributed by atoms with Crippen molar-refractivity contribution in [3.05, 3.63) is 89.5 Å². The van der Waals surface area contributed by atoms with Crippen LogP contribution in [-0.4, -0.2) is 12.2 Å². The van der Waals surface area contributed by atoms with Gasteiger partial charge in [-0.25, -0.2) is 0 Å². The molecular formula is C22H18O3. The molecule has 3 aromatic rings. The van der Waals surface area contributed by atoms with Gasteiger partial charge in [-0.15, -0.1) is 0 Å². The van der Waals surface area contributed by atoms with Gasteiger partial charge in [-0.1, -0.05) is 42.5 Å². The topological polar surface area (TPSA) is 38.7 Å². The monoisotopic (exact) mass is 330 g/mol. The van der Waals surface area contributed by atoms with Crippen molar-refractivity contribution in [3.8, 4) is 17.2 Å². The highest BCUT2D eigenvalue weighted by Crippen LogP contribution is 2.43. The smallest absolute Gasteiger partial charge is 0.149 e. The van der Waals surface area contributed by atoms with Crippen molar-refractivity contribution in [3.63, 3.8) is 0 Å². The summed E-state index contributed by atoms with van der Waals surface area (Å²) in [6, 6.07) is 23.2. The average Bonchev–Trinajstić information content (AvgIpc) is 2.68. The number of methoxy groups -OCH3 is 1. The molecule has 1 heterocycles. The normalized spacial score (nSPS) is 15.7. The maximum atomic E-state index is 9.59. The molecule has 0 bridgehead atoms. The van der Waals surface area contributed by atoms with Crippen molar-refractivity contribution >= 4 is 11.6 Å². The van der Waals surface area contributed by atoms with Gasteiger partial charge in [0.1, 0.15) is 23.4 Å². The maximum Gasteiger partial charge on any atom is 0.149 e. The van der Waals surface area contributed by atoms with Crippen LogP contribution in [0.1, 0.15) is 22.8 Å². The van der Waals surface area contributed by atoms with Gasteiger partial charge in [0.15, 0.2) is 0 Å². The van der Waals surface area contributed by atoms with Crippen LogP contribution in [0.2, 0.25) is 0 Å². The minimum absolute atomic E-state index is 0.242. The maximum absolute atomic E-state index is 9.59. The molecule has 0 spiro atoms. The summed E-state index contributed by atoms with van der Waals surface area (Å²) in [5.74, 6) is 1.80. The zero-order chi connectivity index (χ0) is 17.2. The van der Waals surface area contributed by atoms with Crippen molar-refractivity contribution in [1.82, 2.24) is 0 Å². The highest BCUT2D eigenvalue weighted by Gasteiger charge is 2.26. The van der Waals surface area contributed by atoms with Crippen LogP contribution < -0.4 is 9.47 Å². The number of benzene rings is 3. The van der Waals surface area contributed by atoms with E-state index in [-0.39, 0.29) is 11.9 Å². The first-order valence-corrected chi connectivity index (χ1v) is 8.15. The Kier molecular flexibility index (Phi) is 3.90. The number of fused-ring (bicyclic) bond motifs is 1. The summed E-state index contributed by atoms with van der Waals surface area (Å²) in [4.78, 5) is 0. The predicted octanol–water partition coefficient (Wildman–Crippen LogP) is 5.08. The molecule has 3 heteroatoms. The van der Waals surface area contributed by atoms with Crippen LogP contribution in [0.3, 0.4) is 0 Å². The fourth-order valence-electron chi connectivity index (χ4n) is 3.06. The van der Waals surface area contributed by atoms with E-state index in [2.05, 4.69) is 18.2 Å². The fourth-order valence-corrected chi connectivity index (χ4v) is 3.06. The van der Waals surface area contributed by atoms with E-state index >= 15 is 0 Å². The second kappa shape index (κ2) is 6.36. The van der Waals surface area contributed by atoms with Crippen LogP contribution in [0.5, 0.6) is 17.2 Å². The van der Waals surface area contributed by atoms with Crippen molar-refractivity contribution in [1.29, 1.82) is 0 Å². The van der Waals surface area contributed by atoms with Crippen molar-refractivity contribution < 1.29 is 14.6 Å². The standard InChI is InChI=1S/C22H18O3/c1-24-19-12-9-17-13-20(15-5-3-2-4-6-15)22(25-21(17)14-19)16-7-10-18(23)11-8-16/h2-14,22-23H,1H3. The summed E-state index contributed by atoms with van der Waals surface area (Å²) in [5.41, 5.74) is 4.21. The van der Waals surface area contributed by atoms with Crippen LogP contribution in [0.25, 0.3) is 11.6 Å². The number of aromatic hydroxyl groups is 1. The molecule has 1 aliphatic heterocycles. The lowest BCUT2D eigenvalue weighted by Crippen LogP contribution is -2.14. The van der Waals surface area contributed by atoms with Crippen molar-refractivity contribution in [2.24, 2.45) is 0 Å². The van der Waals surface area contributed by atoms with E-state index in [4.69, 9.17) is 9.47 Å². The Bertz CT molecular complexity index is 912. The second-order valence-electron chi connectivity index (χ2n) is 5.96. The number of phenols is 1. The van der Waals surface area contributed by atoms with E-state index in [9.17, 15) is 5.11 Å². The summed E-state index contributed by atoms with van der Waals surface area (Å²) >= 11 is 0. The molecule has 3 aromatic carbocycles. The number of hydrogen-bond acceptors (Lipinski definition) is 3. The third kappa shape index (κ3) is 2.96. The molecule has 4 rings (SSSR count). The first kappa shape index (κ1) is 15.3. The molecule has 1 aliphatic rings. The number of ether oxygens (including phenoxy) is 2. The second-order valence-corrected chi connectivity index (χ2v) is 5.96. The van der Waals surface area contributed by atoms with Gasteiger partial charge in [-0.3, -0.25) is 0 Å². The lowest BCUT2D eigenvalue weighted by molar-refractivity contribution is 0.259. The molecule has 1 atom stereocenters. The lowest BCUT2D eigenvalue weighted by Gasteiger charge is -2.28. The predicted molar refractivity (Wildman–Crippen MR) is 98.8 cm³/mol. The van der Waals surface area contributed by atoms with Crippen LogP contribution in [0.4, 0.5) is 0 Å². The van der Waals surface area contributed by atoms with Crippen LogP contribution in [-0.2, 0) is 0 Å². The summed E-state index contributed by atoms with van der Waals surface area (Å²) in [5, 5.41) is 9.59. The van der Waals surface area contributed by atoms with Gasteiger partial charge in [0.25, 0.3) is 0 Å². The minimum Gasteiger partial charge on any atom is -0.508 e. The molecule has 1 unspecified atom stereocenters. The van der Waals surface area contributed by atoms with Gasteiger partial charge in [0.2, 0.25) is 0 Å². The first-order valence-electron chi connectivity index (χ1n) is 8.15. The molecule has 0 radical (unpaired) electrons. The SMILES string of the molecule is COc1ccc2c(c1)OC(c1ccc(O)cc1)C(c1ccccc1)=C2. The van der Waals surface area contributed by atoms with Gasteiger partial charge < -0.3 is 14.6 Å². The fraction of sp³-hybridized carbons (Fsp3) is 0.0909. The Labute approximate surface area is 146 Å². The lowest BCUT2D eigenvalue weighted by atomic mass is 9.91. The summed E-state index contributed by atoms with van der Waals surface area (Å²) < 4.78 is 11.7. The molecule has 0 saturated carbocycles. The van der Waals surface area contributed by atoms with Gasteiger partial charge in [-0.05, 0) is 41.5 Å².